The molecule has 0 aromatic heterocycles. The lowest BCUT2D eigenvalue weighted by Gasteiger charge is -2.08. The number of benzene rings is 2. The van der Waals surface area contributed by atoms with E-state index in [9.17, 15) is 0 Å². The molecule has 88 valence electrons. The van der Waals surface area contributed by atoms with Gasteiger partial charge in [-0.25, -0.2) is 0 Å². The Balaban J connectivity index is 2.33. The van der Waals surface area contributed by atoms with Gasteiger partial charge < -0.3 is 5.73 Å². The van der Waals surface area contributed by atoms with Crippen LogP contribution in [0, 0.1) is 6.92 Å². The second-order valence-electron chi connectivity index (χ2n) is 3.70. The first-order valence-corrected chi connectivity index (χ1v) is 6.62. The summed E-state index contributed by atoms with van der Waals surface area (Å²) in [5.74, 6) is 0. The van der Waals surface area contributed by atoms with Crippen molar-refractivity contribution in [1.29, 1.82) is 0 Å². The second kappa shape index (κ2) is 5.21. The number of halogens is 2. The van der Waals surface area contributed by atoms with Gasteiger partial charge >= 0.3 is 0 Å². The van der Waals surface area contributed by atoms with E-state index in [-0.39, 0.29) is 0 Å². The van der Waals surface area contributed by atoms with Gasteiger partial charge in [-0.05, 0) is 42.8 Å². The molecule has 0 aliphatic rings. The molecule has 0 saturated carbocycles. The molecule has 0 saturated heterocycles. The van der Waals surface area contributed by atoms with Crippen molar-refractivity contribution >= 4 is 40.7 Å². The Kier molecular flexibility index (Phi) is 3.87. The lowest BCUT2D eigenvalue weighted by atomic mass is 10.2. The van der Waals surface area contributed by atoms with E-state index in [1.165, 1.54) is 0 Å². The molecule has 0 radical (unpaired) electrons. The fourth-order valence-corrected chi connectivity index (χ4v) is 2.92. The monoisotopic (exact) mass is 283 g/mol. The lowest BCUT2D eigenvalue weighted by Crippen LogP contribution is -1.89. The van der Waals surface area contributed by atoms with Crippen LogP contribution in [-0.2, 0) is 0 Å². The summed E-state index contributed by atoms with van der Waals surface area (Å²) in [5, 5.41) is 1.31. The molecule has 0 fully saturated rings. The van der Waals surface area contributed by atoms with Crippen LogP contribution in [0.25, 0.3) is 0 Å². The highest BCUT2D eigenvalue weighted by Gasteiger charge is 2.05. The Bertz CT molecular complexity index is 555. The summed E-state index contributed by atoms with van der Waals surface area (Å²) in [6, 6.07) is 11.5. The van der Waals surface area contributed by atoms with E-state index in [1.807, 2.05) is 43.3 Å². The first-order chi connectivity index (χ1) is 8.06. The number of anilines is 1. The lowest BCUT2D eigenvalue weighted by molar-refractivity contribution is 1.29. The van der Waals surface area contributed by atoms with Crippen LogP contribution in [0.2, 0.25) is 10.0 Å². The van der Waals surface area contributed by atoms with Gasteiger partial charge in [-0.15, -0.1) is 0 Å². The zero-order valence-electron chi connectivity index (χ0n) is 9.21. The molecule has 0 heterocycles. The molecule has 4 heteroatoms. The molecule has 1 nitrogen and oxygen atoms in total. The Morgan fingerprint density at radius 3 is 2.59 bits per heavy atom. The zero-order chi connectivity index (χ0) is 12.4. The van der Waals surface area contributed by atoms with E-state index in [0.29, 0.717) is 10.7 Å². The topological polar surface area (TPSA) is 26.0 Å². The minimum Gasteiger partial charge on any atom is -0.398 e. The molecule has 2 rings (SSSR count). The maximum absolute atomic E-state index is 6.02. The predicted octanol–water partition coefficient (Wildman–Crippen LogP) is 5.04. The maximum atomic E-state index is 6.02. The average Bonchev–Trinajstić information content (AvgIpc) is 2.26. The van der Waals surface area contributed by atoms with Crippen molar-refractivity contribution in [3.8, 4) is 0 Å². The molecule has 0 aliphatic carbocycles. The van der Waals surface area contributed by atoms with Crippen molar-refractivity contribution in [2.45, 2.75) is 16.7 Å². The van der Waals surface area contributed by atoms with Crippen LogP contribution in [0.4, 0.5) is 5.69 Å². The number of hydrogen-bond donors (Lipinski definition) is 1. The van der Waals surface area contributed by atoms with Crippen LogP contribution >= 0.6 is 35.0 Å². The van der Waals surface area contributed by atoms with Gasteiger partial charge in [0.15, 0.2) is 0 Å². The number of rotatable bonds is 2. The van der Waals surface area contributed by atoms with E-state index in [1.54, 1.807) is 11.8 Å². The summed E-state index contributed by atoms with van der Waals surface area (Å²) in [4.78, 5) is 2.17. The normalized spacial score (nSPS) is 10.5. The smallest absolute Gasteiger partial charge is 0.0646 e. The molecule has 0 spiro atoms. The molecule has 0 amide bonds. The third-order valence-electron chi connectivity index (χ3n) is 2.32. The minimum atomic E-state index is 0.583. The van der Waals surface area contributed by atoms with Crippen molar-refractivity contribution in [3.05, 3.63) is 52.0 Å². The largest absolute Gasteiger partial charge is 0.398 e. The van der Waals surface area contributed by atoms with Crippen LogP contribution in [0.1, 0.15) is 5.56 Å². The van der Waals surface area contributed by atoms with Crippen molar-refractivity contribution in [2.75, 3.05) is 5.73 Å². The summed E-state index contributed by atoms with van der Waals surface area (Å²) < 4.78 is 0. The highest BCUT2D eigenvalue weighted by molar-refractivity contribution is 7.99. The van der Waals surface area contributed by atoms with Crippen LogP contribution in [0.15, 0.2) is 46.2 Å². The fourth-order valence-electron chi connectivity index (χ4n) is 1.45. The SMILES string of the molecule is Cc1cc(N)c(Cl)cc1Sc1cccc(Cl)c1. The second-order valence-corrected chi connectivity index (χ2v) is 5.66. The Morgan fingerprint density at radius 1 is 1.12 bits per heavy atom. The summed E-state index contributed by atoms with van der Waals surface area (Å²) >= 11 is 13.6. The molecule has 0 unspecified atom stereocenters. The van der Waals surface area contributed by atoms with Gasteiger partial charge in [-0.2, -0.15) is 0 Å². The standard InChI is InChI=1S/C13H11Cl2NS/c1-8-5-12(16)11(15)7-13(8)17-10-4-2-3-9(14)6-10/h2-7H,16H2,1H3. The number of hydrogen-bond acceptors (Lipinski definition) is 2. The van der Waals surface area contributed by atoms with Crippen molar-refractivity contribution in [2.24, 2.45) is 0 Å². The summed E-state index contributed by atoms with van der Waals surface area (Å²) in [6.45, 7) is 2.01. The van der Waals surface area contributed by atoms with Crippen molar-refractivity contribution in [3.63, 3.8) is 0 Å². The third kappa shape index (κ3) is 3.09. The van der Waals surface area contributed by atoms with Crippen molar-refractivity contribution < 1.29 is 0 Å². The van der Waals surface area contributed by atoms with Crippen LogP contribution in [0.5, 0.6) is 0 Å². The highest BCUT2D eigenvalue weighted by Crippen LogP contribution is 2.35. The molecule has 17 heavy (non-hydrogen) atoms. The average molecular weight is 284 g/mol. The predicted molar refractivity (Wildman–Crippen MR) is 76.2 cm³/mol. The summed E-state index contributed by atoms with van der Waals surface area (Å²) in [7, 11) is 0. The zero-order valence-corrected chi connectivity index (χ0v) is 11.5. The van der Waals surface area contributed by atoms with Gasteiger partial charge in [0.2, 0.25) is 0 Å². The Morgan fingerprint density at radius 2 is 1.88 bits per heavy atom. The van der Waals surface area contributed by atoms with Crippen molar-refractivity contribution in [1.82, 2.24) is 0 Å². The molecule has 2 aromatic carbocycles. The first kappa shape index (κ1) is 12.6. The maximum Gasteiger partial charge on any atom is 0.0646 e. The molecule has 0 bridgehead atoms. The molecular weight excluding hydrogens is 273 g/mol. The highest BCUT2D eigenvalue weighted by atomic mass is 35.5. The Labute approximate surface area is 115 Å². The van der Waals surface area contributed by atoms with Crippen LogP contribution < -0.4 is 5.73 Å². The van der Waals surface area contributed by atoms with Gasteiger partial charge in [0, 0.05) is 14.8 Å². The quantitative estimate of drug-likeness (QED) is 0.782. The third-order valence-corrected chi connectivity index (χ3v) is 4.03. The minimum absolute atomic E-state index is 0.583. The van der Waals surface area contributed by atoms with Gasteiger partial charge in [-0.1, -0.05) is 41.0 Å². The molecule has 0 aliphatic heterocycles. The van der Waals surface area contributed by atoms with Crippen LogP contribution in [0.3, 0.4) is 0 Å². The van der Waals surface area contributed by atoms with Crippen LogP contribution in [-0.4, -0.2) is 0 Å². The summed E-state index contributed by atoms with van der Waals surface area (Å²) in [5.41, 5.74) is 7.46. The molecule has 2 N–H and O–H groups in total. The van der Waals surface area contributed by atoms with E-state index in [4.69, 9.17) is 28.9 Å². The number of nitrogens with two attached hydrogens (primary N) is 1. The molecule has 2 aromatic rings. The molecular formula is C13H11Cl2NS. The first-order valence-electron chi connectivity index (χ1n) is 5.05. The van der Waals surface area contributed by atoms with E-state index in [2.05, 4.69) is 0 Å². The summed E-state index contributed by atoms with van der Waals surface area (Å²) in [6.07, 6.45) is 0. The number of nitrogen functional groups attached to an aromatic ring is 1. The van der Waals surface area contributed by atoms with E-state index >= 15 is 0 Å². The Hall–Kier alpha value is -0.830. The van der Waals surface area contributed by atoms with Gasteiger partial charge in [0.25, 0.3) is 0 Å². The van der Waals surface area contributed by atoms with E-state index in [0.717, 1.165) is 20.4 Å². The number of aryl methyl sites for hydroxylation is 1. The van der Waals surface area contributed by atoms with Gasteiger partial charge in [0.1, 0.15) is 0 Å². The van der Waals surface area contributed by atoms with E-state index < -0.39 is 0 Å². The molecule has 0 atom stereocenters. The van der Waals surface area contributed by atoms with Gasteiger partial charge in [0.05, 0.1) is 10.7 Å². The fraction of sp³-hybridized carbons (Fsp3) is 0.0769. The van der Waals surface area contributed by atoms with Gasteiger partial charge in [-0.3, -0.25) is 0 Å².